The molecular formula is C24H29NOPSi+. The highest BCUT2D eigenvalue weighted by atomic mass is 31.2. The number of rotatable bonds is 7. The molecule has 0 atom stereocenters. The molecule has 0 aromatic heterocycles. The molecule has 144 valence electrons. The summed E-state index contributed by atoms with van der Waals surface area (Å²) < 4.78 is 5.98. The van der Waals surface area contributed by atoms with E-state index in [0.29, 0.717) is 0 Å². The fourth-order valence-electron chi connectivity index (χ4n) is 3.21. The molecule has 0 radical (unpaired) electrons. The summed E-state index contributed by atoms with van der Waals surface area (Å²) in [6.45, 7) is 8.65. The van der Waals surface area contributed by atoms with Crippen molar-refractivity contribution in [1.82, 2.24) is 5.48 Å². The van der Waals surface area contributed by atoms with Gasteiger partial charge in [-0.05, 0) is 63.0 Å². The first kappa shape index (κ1) is 20.5. The molecule has 0 spiro atoms. The normalized spacial score (nSPS) is 12.6. The van der Waals surface area contributed by atoms with Gasteiger partial charge in [0.15, 0.2) is 0 Å². The zero-order valence-corrected chi connectivity index (χ0v) is 19.0. The Morgan fingerprint density at radius 2 is 1.07 bits per heavy atom. The number of hydroxylamine groups is 1. The van der Waals surface area contributed by atoms with Crippen LogP contribution in [-0.4, -0.2) is 8.32 Å². The van der Waals surface area contributed by atoms with Crippen molar-refractivity contribution < 1.29 is 4.53 Å². The maximum atomic E-state index is 5.98. The van der Waals surface area contributed by atoms with Crippen LogP contribution in [0.5, 0.6) is 0 Å². The molecule has 0 aliphatic carbocycles. The molecule has 3 rings (SSSR count). The van der Waals surface area contributed by atoms with E-state index in [1.807, 2.05) is 0 Å². The summed E-state index contributed by atoms with van der Waals surface area (Å²) in [5, 5.41) is 4.00. The third kappa shape index (κ3) is 4.80. The first-order chi connectivity index (χ1) is 13.4. The molecule has 3 aromatic carbocycles. The van der Waals surface area contributed by atoms with E-state index >= 15 is 0 Å². The fourth-order valence-corrected chi connectivity index (χ4v) is 7.58. The first-order valence-corrected chi connectivity index (χ1v) is 14.9. The molecule has 0 saturated carbocycles. The van der Waals surface area contributed by atoms with Gasteiger partial charge in [-0.2, -0.15) is 0 Å². The van der Waals surface area contributed by atoms with Gasteiger partial charge in [-0.3, -0.25) is 5.48 Å². The van der Waals surface area contributed by atoms with Crippen molar-refractivity contribution >= 4 is 31.5 Å². The van der Waals surface area contributed by atoms with Crippen molar-refractivity contribution in [3.8, 4) is 0 Å². The highest BCUT2D eigenvalue weighted by Crippen LogP contribution is 2.57. The minimum atomic E-state index is -1.98. The van der Waals surface area contributed by atoms with Crippen molar-refractivity contribution in [2.75, 3.05) is 0 Å². The predicted octanol–water partition coefficient (Wildman–Crippen LogP) is 5.20. The second-order valence-electron chi connectivity index (χ2n) is 7.86. The van der Waals surface area contributed by atoms with Gasteiger partial charge in [-0.15, -0.1) is 0 Å². The Morgan fingerprint density at radius 1 is 0.714 bits per heavy atom. The van der Waals surface area contributed by atoms with Gasteiger partial charge in [0.2, 0.25) is 8.32 Å². The molecular weight excluding hydrogens is 377 g/mol. The molecule has 4 heteroatoms. The lowest BCUT2D eigenvalue weighted by Gasteiger charge is -2.26. The summed E-state index contributed by atoms with van der Waals surface area (Å²) in [5.74, 6) is 2.40. The Kier molecular flexibility index (Phi) is 6.51. The standard InChI is InChI=1S/C24H29NOPSi/c1-21(25-26-28(2,3)4)20-27(22-14-8-5-9-15-22,23-16-10-6-11-17-23)24-18-12-7-13-19-24/h5-20,25H,1-4H3/q+1/b21-20+. The van der Waals surface area contributed by atoms with Crippen LogP contribution in [0.4, 0.5) is 0 Å². The summed E-state index contributed by atoms with van der Waals surface area (Å²) in [6, 6.07) is 32.5. The fraction of sp³-hybridized carbons (Fsp3) is 0.167. The zero-order valence-electron chi connectivity index (χ0n) is 17.1. The lowest BCUT2D eigenvalue weighted by atomic mass is 10.4. The lowest BCUT2D eigenvalue weighted by molar-refractivity contribution is 0.222. The monoisotopic (exact) mass is 406 g/mol. The van der Waals surface area contributed by atoms with Crippen LogP contribution in [0.2, 0.25) is 19.6 Å². The van der Waals surface area contributed by atoms with E-state index in [0.717, 1.165) is 5.70 Å². The van der Waals surface area contributed by atoms with Crippen molar-refractivity contribution in [3.63, 3.8) is 0 Å². The molecule has 0 aliphatic rings. The third-order valence-corrected chi connectivity index (χ3v) is 9.22. The summed E-state index contributed by atoms with van der Waals surface area (Å²) in [7, 11) is -3.65. The zero-order chi connectivity index (χ0) is 20.0. The molecule has 2 nitrogen and oxygen atoms in total. The van der Waals surface area contributed by atoms with Gasteiger partial charge < -0.3 is 4.53 Å². The van der Waals surface area contributed by atoms with Crippen LogP contribution in [0, 0.1) is 0 Å². The van der Waals surface area contributed by atoms with Crippen LogP contribution in [0.3, 0.4) is 0 Å². The second-order valence-corrected chi connectivity index (χ2v) is 15.5. The summed E-state index contributed by atoms with van der Waals surface area (Å²) >= 11 is 0. The maximum Gasteiger partial charge on any atom is 0.220 e. The highest BCUT2D eigenvalue weighted by molar-refractivity contribution is 7.98. The lowest BCUT2D eigenvalue weighted by Crippen LogP contribution is -2.34. The Balaban J connectivity index is 2.22. The minimum absolute atomic E-state index is 1.05. The topological polar surface area (TPSA) is 21.3 Å². The number of allylic oxidation sites excluding steroid dienone is 1. The van der Waals surface area contributed by atoms with Gasteiger partial charge in [0.05, 0.1) is 11.5 Å². The van der Waals surface area contributed by atoms with Gasteiger partial charge in [0.25, 0.3) is 0 Å². The number of hydrogen-bond acceptors (Lipinski definition) is 2. The second kappa shape index (κ2) is 8.87. The van der Waals surface area contributed by atoms with Gasteiger partial charge in [-0.1, -0.05) is 54.6 Å². The highest BCUT2D eigenvalue weighted by Gasteiger charge is 2.44. The van der Waals surface area contributed by atoms with E-state index < -0.39 is 15.6 Å². The SMILES string of the molecule is C/C(=C\[P+](c1ccccc1)(c1ccccc1)c1ccccc1)NO[Si](C)(C)C. The maximum absolute atomic E-state index is 5.98. The Bertz CT molecular complexity index is 809. The largest absolute Gasteiger partial charge is 0.323 e. The molecule has 3 aromatic rings. The molecule has 1 N–H and O–H groups in total. The smallest absolute Gasteiger partial charge is 0.220 e. The van der Waals surface area contributed by atoms with Crippen molar-refractivity contribution in [2.24, 2.45) is 0 Å². The van der Waals surface area contributed by atoms with Crippen LogP contribution in [0.1, 0.15) is 6.92 Å². The van der Waals surface area contributed by atoms with Crippen molar-refractivity contribution in [1.29, 1.82) is 0 Å². The molecule has 0 fully saturated rings. The summed E-state index contributed by atoms with van der Waals surface area (Å²) in [6.07, 6.45) is 0. The average Bonchev–Trinajstić information content (AvgIpc) is 2.72. The van der Waals surface area contributed by atoms with Crippen molar-refractivity contribution in [2.45, 2.75) is 26.6 Å². The van der Waals surface area contributed by atoms with Crippen LogP contribution in [0.15, 0.2) is 103 Å². The number of benzene rings is 3. The van der Waals surface area contributed by atoms with E-state index in [2.05, 4.69) is 129 Å². The van der Waals surface area contributed by atoms with Crippen LogP contribution in [0.25, 0.3) is 0 Å². The van der Waals surface area contributed by atoms with Gasteiger partial charge in [0, 0.05) is 0 Å². The molecule has 28 heavy (non-hydrogen) atoms. The van der Waals surface area contributed by atoms with Gasteiger partial charge >= 0.3 is 0 Å². The Labute approximate surface area is 170 Å². The molecule has 0 heterocycles. The molecule has 0 bridgehead atoms. The van der Waals surface area contributed by atoms with E-state index in [1.165, 1.54) is 15.9 Å². The predicted molar refractivity (Wildman–Crippen MR) is 126 cm³/mol. The molecule has 0 unspecified atom stereocenters. The summed E-state index contributed by atoms with van der Waals surface area (Å²) in [4.78, 5) is 0. The molecule has 0 aliphatic heterocycles. The van der Waals surface area contributed by atoms with Gasteiger partial charge in [0.1, 0.15) is 23.2 Å². The van der Waals surface area contributed by atoms with Gasteiger partial charge in [-0.25, -0.2) is 0 Å². The molecule has 0 amide bonds. The van der Waals surface area contributed by atoms with Crippen LogP contribution in [-0.2, 0) is 4.53 Å². The number of nitrogens with one attached hydrogen (secondary N) is 1. The minimum Gasteiger partial charge on any atom is -0.323 e. The van der Waals surface area contributed by atoms with E-state index in [-0.39, 0.29) is 0 Å². The summed E-state index contributed by atoms with van der Waals surface area (Å²) in [5.41, 5.74) is 4.29. The molecule has 0 saturated heterocycles. The van der Waals surface area contributed by atoms with Crippen LogP contribution < -0.4 is 21.4 Å². The quantitative estimate of drug-likeness (QED) is 0.331. The Hall–Kier alpha value is -2.19. The third-order valence-electron chi connectivity index (χ3n) is 4.40. The number of hydrogen-bond donors (Lipinski definition) is 1. The average molecular weight is 407 g/mol. The Morgan fingerprint density at radius 3 is 1.39 bits per heavy atom. The first-order valence-electron chi connectivity index (χ1n) is 9.61. The van der Waals surface area contributed by atoms with E-state index in [1.54, 1.807) is 0 Å². The van der Waals surface area contributed by atoms with E-state index in [4.69, 9.17) is 4.53 Å². The van der Waals surface area contributed by atoms with E-state index in [9.17, 15) is 0 Å². The van der Waals surface area contributed by atoms with Crippen LogP contribution >= 0.6 is 7.26 Å². The van der Waals surface area contributed by atoms with Crippen molar-refractivity contribution in [3.05, 3.63) is 103 Å².